The van der Waals surface area contributed by atoms with Crippen LogP contribution in [0.15, 0.2) is 72.9 Å². The van der Waals surface area contributed by atoms with E-state index in [1.54, 1.807) is 12.3 Å². The van der Waals surface area contributed by atoms with E-state index < -0.39 is 0 Å². The van der Waals surface area contributed by atoms with Gasteiger partial charge in [0, 0.05) is 6.54 Å². The number of carbonyl (C=O) groups is 1. The van der Waals surface area contributed by atoms with Crippen LogP contribution in [0, 0.1) is 0 Å². The average molecular weight is 352 g/mol. The molecular formula is C20H18ClN3O. The van der Waals surface area contributed by atoms with Crippen LogP contribution in [0.3, 0.4) is 0 Å². The molecule has 0 aliphatic heterocycles. The van der Waals surface area contributed by atoms with E-state index in [0.717, 1.165) is 17.8 Å². The molecular weight excluding hydrogens is 334 g/mol. The Morgan fingerprint density at radius 1 is 0.960 bits per heavy atom. The van der Waals surface area contributed by atoms with Crippen molar-refractivity contribution in [2.24, 2.45) is 0 Å². The molecule has 0 saturated carbocycles. The summed E-state index contributed by atoms with van der Waals surface area (Å²) in [6, 6.07) is 21.0. The van der Waals surface area contributed by atoms with Gasteiger partial charge in [-0.15, -0.1) is 0 Å². The molecule has 25 heavy (non-hydrogen) atoms. The number of aromatic nitrogens is 1. The molecule has 0 unspecified atom stereocenters. The van der Waals surface area contributed by atoms with Crippen LogP contribution < -0.4 is 10.6 Å². The summed E-state index contributed by atoms with van der Waals surface area (Å²) in [5, 5.41) is 6.69. The average Bonchev–Trinajstić information content (AvgIpc) is 2.65. The van der Waals surface area contributed by atoms with Crippen molar-refractivity contribution in [1.82, 2.24) is 10.3 Å². The van der Waals surface area contributed by atoms with Crippen molar-refractivity contribution in [1.29, 1.82) is 0 Å². The van der Waals surface area contributed by atoms with Crippen molar-refractivity contribution in [3.05, 3.63) is 89.2 Å². The van der Waals surface area contributed by atoms with Crippen molar-refractivity contribution >= 4 is 28.9 Å². The standard InChI is InChI=1S/C20H18ClN3O/c21-17-8-4-5-9-18(17)24-16-10-11-19(23-14-16)20(25)22-13-12-15-6-2-1-3-7-15/h1-11,14,24H,12-13H2,(H,22,25). The van der Waals surface area contributed by atoms with E-state index in [9.17, 15) is 4.79 Å². The number of benzene rings is 2. The van der Waals surface area contributed by atoms with Gasteiger partial charge in [0.2, 0.25) is 0 Å². The maximum absolute atomic E-state index is 12.1. The summed E-state index contributed by atoms with van der Waals surface area (Å²) in [5.41, 5.74) is 3.15. The van der Waals surface area contributed by atoms with E-state index in [4.69, 9.17) is 11.6 Å². The van der Waals surface area contributed by atoms with Gasteiger partial charge in [-0.05, 0) is 36.2 Å². The first-order valence-electron chi connectivity index (χ1n) is 8.02. The van der Waals surface area contributed by atoms with Crippen LogP contribution in [0.4, 0.5) is 11.4 Å². The quantitative estimate of drug-likeness (QED) is 0.689. The number of hydrogen-bond donors (Lipinski definition) is 2. The Kier molecular flexibility index (Phi) is 5.65. The molecule has 0 fully saturated rings. The van der Waals surface area contributed by atoms with E-state index in [2.05, 4.69) is 15.6 Å². The van der Waals surface area contributed by atoms with Gasteiger partial charge in [-0.2, -0.15) is 0 Å². The zero-order valence-corrected chi connectivity index (χ0v) is 14.3. The van der Waals surface area contributed by atoms with E-state index >= 15 is 0 Å². The van der Waals surface area contributed by atoms with E-state index in [1.807, 2.05) is 60.7 Å². The lowest BCUT2D eigenvalue weighted by Crippen LogP contribution is -2.26. The molecule has 0 bridgehead atoms. The van der Waals surface area contributed by atoms with Crippen LogP contribution in [0.5, 0.6) is 0 Å². The fourth-order valence-corrected chi connectivity index (χ4v) is 2.56. The lowest BCUT2D eigenvalue weighted by Gasteiger charge is -2.09. The summed E-state index contributed by atoms with van der Waals surface area (Å²) >= 11 is 6.12. The number of halogens is 1. The van der Waals surface area contributed by atoms with Gasteiger partial charge in [0.25, 0.3) is 5.91 Å². The maximum Gasteiger partial charge on any atom is 0.269 e. The fourth-order valence-electron chi connectivity index (χ4n) is 2.38. The Hall–Kier alpha value is -2.85. The first-order valence-corrected chi connectivity index (χ1v) is 8.40. The molecule has 4 nitrogen and oxygen atoms in total. The predicted octanol–water partition coefficient (Wildman–Crippen LogP) is 4.45. The van der Waals surface area contributed by atoms with Gasteiger partial charge in [0.15, 0.2) is 0 Å². The zero-order valence-electron chi connectivity index (χ0n) is 13.6. The van der Waals surface area contributed by atoms with Gasteiger partial charge in [-0.3, -0.25) is 4.79 Å². The van der Waals surface area contributed by atoms with Gasteiger partial charge in [0.1, 0.15) is 5.69 Å². The van der Waals surface area contributed by atoms with E-state index in [0.29, 0.717) is 17.3 Å². The van der Waals surface area contributed by atoms with Gasteiger partial charge in [0.05, 0.1) is 22.6 Å². The second-order valence-corrected chi connectivity index (χ2v) is 5.94. The monoisotopic (exact) mass is 351 g/mol. The molecule has 0 spiro atoms. The van der Waals surface area contributed by atoms with Gasteiger partial charge >= 0.3 is 0 Å². The van der Waals surface area contributed by atoms with Crippen molar-refractivity contribution in [3.8, 4) is 0 Å². The van der Waals surface area contributed by atoms with E-state index in [-0.39, 0.29) is 5.91 Å². The summed E-state index contributed by atoms with van der Waals surface area (Å²) in [4.78, 5) is 16.4. The Morgan fingerprint density at radius 3 is 2.44 bits per heavy atom. The number of amides is 1. The number of hydrogen-bond acceptors (Lipinski definition) is 3. The molecule has 3 aromatic rings. The molecule has 0 aliphatic carbocycles. The van der Waals surface area contributed by atoms with Crippen LogP contribution in [-0.4, -0.2) is 17.4 Å². The Labute approximate surface area is 151 Å². The fraction of sp³-hybridized carbons (Fsp3) is 0.100. The molecule has 1 aromatic heterocycles. The van der Waals surface area contributed by atoms with Crippen LogP contribution in [0.2, 0.25) is 5.02 Å². The number of anilines is 2. The van der Waals surface area contributed by atoms with Crippen molar-refractivity contribution < 1.29 is 4.79 Å². The minimum absolute atomic E-state index is 0.180. The van der Waals surface area contributed by atoms with Crippen molar-refractivity contribution in [2.45, 2.75) is 6.42 Å². The number of pyridine rings is 1. The van der Waals surface area contributed by atoms with Gasteiger partial charge in [-0.25, -0.2) is 4.98 Å². The Bertz CT molecular complexity index is 835. The summed E-state index contributed by atoms with van der Waals surface area (Å²) in [6.45, 7) is 0.574. The van der Waals surface area contributed by atoms with Gasteiger partial charge in [-0.1, -0.05) is 54.1 Å². The third-order valence-electron chi connectivity index (χ3n) is 3.69. The summed E-state index contributed by atoms with van der Waals surface area (Å²) in [7, 11) is 0. The molecule has 3 rings (SSSR count). The summed E-state index contributed by atoms with van der Waals surface area (Å²) < 4.78 is 0. The van der Waals surface area contributed by atoms with Crippen LogP contribution in [0.1, 0.15) is 16.1 Å². The third-order valence-corrected chi connectivity index (χ3v) is 4.02. The molecule has 0 saturated heterocycles. The molecule has 2 aromatic carbocycles. The molecule has 2 N–H and O–H groups in total. The molecule has 0 atom stereocenters. The number of nitrogens with one attached hydrogen (secondary N) is 2. The Morgan fingerprint density at radius 2 is 1.72 bits per heavy atom. The molecule has 1 amide bonds. The Balaban J connectivity index is 1.54. The third kappa shape index (κ3) is 4.81. The largest absolute Gasteiger partial charge is 0.353 e. The lowest BCUT2D eigenvalue weighted by atomic mass is 10.1. The smallest absolute Gasteiger partial charge is 0.269 e. The minimum Gasteiger partial charge on any atom is -0.353 e. The number of nitrogens with zero attached hydrogens (tertiary/aromatic N) is 1. The predicted molar refractivity (Wildman–Crippen MR) is 101 cm³/mol. The zero-order chi connectivity index (χ0) is 17.5. The lowest BCUT2D eigenvalue weighted by molar-refractivity contribution is 0.0949. The highest BCUT2D eigenvalue weighted by molar-refractivity contribution is 6.33. The normalized spacial score (nSPS) is 10.3. The first-order chi connectivity index (χ1) is 12.2. The second kappa shape index (κ2) is 8.31. The van der Waals surface area contributed by atoms with E-state index in [1.165, 1.54) is 5.56 Å². The maximum atomic E-state index is 12.1. The van der Waals surface area contributed by atoms with Crippen LogP contribution >= 0.6 is 11.6 Å². The first kappa shape index (κ1) is 17.0. The van der Waals surface area contributed by atoms with Gasteiger partial charge < -0.3 is 10.6 Å². The molecule has 0 aliphatic rings. The minimum atomic E-state index is -0.180. The highest BCUT2D eigenvalue weighted by Gasteiger charge is 2.07. The summed E-state index contributed by atoms with van der Waals surface area (Å²) in [6.07, 6.45) is 2.41. The molecule has 5 heteroatoms. The summed E-state index contributed by atoms with van der Waals surface area (Å²) in [5.74, 6) is -0.180. The van der Waals surface area contributed by atoms with Crippen LogP contribution in [0.25, 0.3) is 0 Å². The highest BCUT2D eigenvalue weighted by Crippen LogP contribution is 2.24. The highest BCUT2D eigenvalue weighted by atomic mass is 35.5. The van der Waals surface area contributed by atoms with Crippen LogP contribution in [-0.2, 0) is 6.42 Å². The number of rotatable bonds is 6. The number of para-hydroxylation sites is 1. The van der Waals surface area contributed by atoms with Crippen molar-refractivity contribution in [2.75, 3.05) is 11.9 Å². The SMILES string of the molecule is O=C(NCCc1ccccc1)c1ccc(Nc2ccccc2Cl)cn1. The molecule has 1 heterocycles. The topological polar surface area (TPSA) is 54.0 Å². The van der Waals surface area contributed by atoms with Crippen molar-refractivity contribution in [3.63, 3.8) is 0 Å². The molecule has 126 valence electrons. The second-order valence-electron chi connectivity index (χ2n) is 5.53. The number of carbonyl (C=O) groups excluding carboxylic acids is 1. The molecule has 0 radical (unpaired) electrons.